The Bertz CT molecular complexity index is 578. The number of nitrogens with zero attached hydrogens (tertiary/aromatic N) is 2. The van der Waals surface area contributed by atoms with Crippen molar-refractivity contribution < 1.29 is 0 Å². The molecule has 0 aliphatic rings. The summed E-state index contributed by atoms with van der Waals surface area (Å²) in [5.74, 6) is 1.87. The highest BCUT2D eigenvalue weighted by Gasteiger charge is 2.12. The van der Waals surface area contributed by atoms with E-state index in [0.29, 0.717) is 5.15 Å². The van der Waals surface area contributed by atoms with Crippen molar-refractivity contribution in [3.05, 3.63) is 38.4 Å². The van der Waals surface area contributed by atoms with E-state index in [0.717, 1.165) is 23.8 Å². The number of aryl methyl sites for hydroxylation is 1. The van der Waals surface area contributed by atoms with Gasteiger partial charge < -0.3 is 5.32 Å². The van der Waals surface area contributed by atoms with E-state index in [4.69, 9.17) is 11.6 Å². The van der Waals surface area contributed by atoms with Gasteiger partial charge in [0.25, 0.3) is 0 Å². The van der Waals surface area contributed by atoms with Gasteiger partial charge in [0.05, 0.1) is 0 Å². The lowest BCUT2D eigenvalue weighted by Gasteiger charge is -2.12. The molecule has 0 radical (unpaired) electrons. The average molecular weight is 296 g/mol. The second-order valence-electron chi connectivity index (χ2n) is 4.93. The summed E-state index contributed by atoms with van der Waals surface area (Å²) in [6.07, 6.45) is 0. The van der Waals surface area contributed by atoms with Gasteiger partial charge in [-0.2, -0.15) is 11.3 Å². The van der Waals surface area contributed by atoms with E-state index in [1.54, 1.807) is 11.3 Å². The molecule has 2 heterocycles. The lowest BCUT2D eigenvalue weighted by molar-refractivity contribution is 0.771. The maximum absolute atomic E-state index is 6.17. The van der Waals surface area contributed by atoms with Crippen LogP contribution in [0.2, 0.25) is 5.15 Å². The molecule has 102 valence electrons. The first-order valence-electron chi connectivity index (χ1n) is 6.28. The predicted octanol–water partition coefficient (Wildman–Crippen LogP) is 4.54. The van der Waals surface area contributed by atoms with Crippen molar-refractivity contribution in [1.29, 1.82) is 0 Å². The van der Waals surface area contributed by atoms with Crippen molar-refractivity contribution in [2.45, 2.75) is 40.2 Å². The number of nitrogens with one attached hydrogen (secondary N) is 1. The number of thiophene rings is 1. The number of hydrogen-bond donors (Lipinski definition) is 1. The summed E-state index contributed by atoms with van der Waals surface area (Å²) in [7, 11) is 0. The number of rotatable bonds is 4. The second-order valence-corrected chi connectivity index (χ2v) is 6.04. The summed E-state index contributed by atoms with van der Waals surface area (Å²) in [6, 6.07) is 0. The minimum atomic E-state index is 0.265. The molecule has 0 unspecified atom stereocenters. The van der Waals surface area contributed by atoms with Gasteiger partial charge in [0.2, 0.25) is 0 Å². The zero-order chi connectivity index (χ0) is 14.0. The van der Waals surface area contributed by atoms with Crippen LogP contribution in [0.1, 0.15) is 42.3 Å². The van der Waals surface area contributed by atoms with Gasteiger partial charge in [0.15, 0.2) is 0 Å². The van der Waals surface area contributed by atoms with Crippen molar-refractivity contribution in [1.82, 2.24) is 9.97 Å². The Morgan fingerprint density at radius 1 is 1.26 bits per heavy atom. The predicted molar refractivity (Wildman–Crippen MR) is 82.3 cm³/mol. The molecule has 0 saturated heterocycles. The van der Waals surface area contributed by atoms with Crippen LogP contribution >= 0.6 is 22.9 Å². The molecule has 2 aromatic rings. The minimum Gasteiger partial charge on any atom is -0.366 e. The van der Waals surface area contributed by atoms with E-state index >= 15 is 0 Å². The van der Waals surface area contributed by atoms with Crippen LogP contribution in [-0.2, 0) is 6.54 Å². The standard InChI is InChI=1S/C14H18ClN3S/c1-8(2)13-17-12(15)10(4)14(18-13)16-5-11-7-19-6-9(11)3/h6-8H,5H2,1-4H3,(H,16,17,18). The fourth-order valence-electron chi connectivity index (χ4n) is 1.68. The van der Waals surface area contributed by atoms with Crippen LogP contribution in [0.25, 0.3) is 0 Å². The monoisotopic (exact) mass is 295 g/mol. The summed E-state index contributed by atoms with van der Waals surface area (Å²) in [5.41, 5.74) is 3.50. The Labute approximate surface area is 123 Å². The van der Waals surface area contributed by atoms with Crippen molar-refractivity contribution >= 4 is 28.8 Å². The van der Waals surface area contributed by atoms with Crippen LogP contribution in [0.5, 0.6) is 0 Å². The highest BCUT2D eigenvalue weighted by Crippen LogP contribution is 2.24. The third-order valence-electron chi connectivity index (χ3n) is 3.03. The van der Waals surface area contributed by atoms with E-state index < -0.39 is 0 Å². The maximum Gasteiger partial charge on any atom is 0.137 e. The van der Waals surface area contributed by atoms with Crippen molar-refractivity contribution in [2.24, 2.45) is 0 Å². The molecule has 1 N–H and O–H groups in total. The number of hydrogen-bond acceptors (Lipinski definition) is 4. The normalized spacial score (nSPS) is 11.1. The zero-order valence-electron chi connectivity index (χ0n) is 11.6. The molecule has 0 aliphatic heterocycles. The van der Waals surface area contributed by atoms with E-state index in [1.165, 1.54) is 11.1 Å². The molecule has 5 heteroatoms. The zero-order valence-corrected chi connectivity index (χ0v) is 13.2. The van der Waals surface area contributed by atoms with Gasteiger partial charge in [-0.15, -0.1) is 0 Å². The third kappa shape index (κ3) is 3.25. The molecule has 0 amide bonds. The van der Waals surface area contributed by atoms with Gasteiger partial charge >= 0.3 is 0 Å². The Kier molecular flexibility index (Phi) is 4.42. The van der Waals surface area contributed by atoms with Crippen LogP contribution in [0.4, 0.5) is 5.82 Å². The molecular weight excluding hydrogens is 278 g/mol. The summed E-state index contributed by atoms with van der Waals surface area (Å²) in [6.45, 7) is 8.95. The molecule has 2 rings (SSSR count). The molecule has 0 bridgehead atoms. The molecule has 19 heavy (non-hydrogen) atoms. The highest BCUT2D eigenvalue weighted by atomic mass is 35.5. The van der Waals surface area contributed by atoms with E-state index in [9.17, 15) is 0 Å². The molecule has 0 saturated carbocycles. The summed E-state index contributed by atoms with van der Waals surface area (Å²) >= 11 is 7.88. The minimum absolute atomic E-state index is 0.265. The third-order valence-corrected chi connectivity index (χ3v) is 4.31. The Morgan fingerprint density at radius 2 is 2.00 bits per heavy atom. The van der Waals surface area contributed by atoms with Crippen LogP contribution in [0.3, 0.4) is 0 Å². The molecule has 0 fully saturated rings. The highest BCUT2D eigenvalue weighted by molar-refractivity contribution is 7.08. The number of aromatic nitrogens is 2. The van der Waals surface area contributed by atoms with Gasteiger partial charge in [-0.1, -0.05) is 25.4 Å². The summed E-state index contributed by atoms with van der Waals surface area (Å²) < 4.78 is 0. The van der Waals surface area contributed by atoms with Crippen LogP contribution < -0.4 is 5.32 Å². The molecule has 0 spiro atoms. The van der Waals surface area contributed by atoms with Crippen molar-refractivity contribution in [3.63, 3.8) is 0 Å². The van der Waals surface area contributed by atoms with Crippen molar-refractivity contribution in [2.75, 3.05) is 5.32 Å². The smallest absolute Gasteiger partial charge is 0.137 e. The lowest BCUT2D eigenvalue weighted by Crippen LogP contribution is -2.08. The van der Waals surface area contributed by atoms with Crippen LogP contribution in [0, 0.1) is 13.8 Å². The quantitative estimate of drug-likeness (QED) is 0.841. The van der Waals surface area contributed by atoms with Crippen LogP contribution in [-0.4, -0.2) is 9.97 Å². The fraction of sp³-hybridized carbons (Fsp3) is 0.429. The van der Waals surface area contributed by atoms with Gasteiger partial charge in [0, 0.05) is 18.0 Å². The van der Waals surface area contributed by atoms with Gasteiger partial charge in [-0.05, 0) is 35.7 Å². The summed E-state index contributed by atoms with van der Waals surface area (Å²) in [4.78, 5) is 8.87. The first-order chi connectivity index (χ1) is 8.99. The lowest BCUT2D eigenvalue weighted by atomic mass is 10.2. The molecule has 0 aromatic carbocycles. The number of halogens is 1. The Balaban J connectivity index is 2.22. The van der Waals surface area contributed by atoms with Crippen molar-refractivity contribution in [3.8, 4) is 0 Å². The first kappa shape index (κ1) is 14.3. The molecule has 2 aromatic heterocycles. The largest absolute Gasteiger partial charge is 0.366 e. The average Bonchev–Trinajstić information content (AvgIpc) is 2.76. The second kappa shape index (κ2) is 5.88. The van der Waals surface area contributed by atoms with Gasteiger partial charge in [-0.3, -0.25) is 0 Å². The van der Waals surface area contributed by atoms with E-state index in [1.807, 2.05) is 6.92 Å². The topological polar surface area (TPSA) is 37.8 Å². The first-order valence-corrected chi connectivity index (χ1v) is 7.60. The molecule has 0 aliphatic carbocycles. The molecule has 3 nitrogen and oxygen atoms in total. The van der Waals surface area contributed by atoms with E-state index in [2.05, 4.69) is 46.8 Å². The molecule has 0 atom stereocenters. The van der Waals surface area contributed by atoms with Gasteiger partial charge in [-0.25, -0.2) is 9.97 Å². The SMILES string of the molecule is Cc1cscc1CNc1nc(C(C)C)nc(Cl)c1C. The Morgan fingerprint density at radius 3 is 2.58 bits per heavy atom. The van der Waals surface area contributed by atoms with Crippen LogP contribution in [0.15, 0.2) is 10.8 Å². The number of anilines is 1. The molecular formula is C14H18ClN3S. The maximum atomic E-state index is 6.17. The summed E-state index contributed by atoms with van der Waals surface area (Å²) in [5, 5.41) is 8.20. The van der Waals surface area contributed by atoms with Gasteiger partial charge in [0.1, 0.15) is 16.8 Å². The Hall–Kier alpha value is -1.13. The van der Waals surface area contributed by atoms with E-state index in [-0.39, 0.29) is 5.92 Å². The fourth-order valence-corrected chi connectivity index (χ4v) is 2.72.